The van der Waals surface area contributed by atoms with Crippen LogP contribution in [0.5, 0.6) is 5.75 Å². The van der Waals surface area contributed by atoms with Crippen LogP contribution in [0.4, 0.5) is 17.2 Å². The zero-order valence-corrected chi connectivity index (χ0v) is 23.2. The summed E-state index contributed by atoms with van der Waals surface area (Å²) in [5.41, 5.74) is 10.9. The van der Waals surface area contributed by atoms with Crippen LogP contribution in [-0.2, 0) is 0 Å². The van der Waals surface area contributed by atoms with E-state index in [1.807, 2.05) is 24.4 Å². The predicted molar refractivity (Wildman–Crippen MR) is 160 cm³/mol. The number of likely N-dealkylation sites (tertiary alicyclic amines) is 1. The molecule has 3 aliphatic heterocycles. The zero-order chi connectivity index (χ0) is 27.4. The Morgan fingerprint density at radius 2 is 1.62 bits per heavy atom. The lowest BCUT2D eigenvalue weighted by Crippen LogP contribution is -2.42. The number of rotatable bonds is 4. The molecule has 0 unspecified atom stereocenters. The SMILES string of the molecule is Nc1nnc(-c2ccccc2O)cc1N1CCC2(CCN(c3ccnc(C#CCN4CCCCCC4)c3)C2)CC1. The molecule has 3 aliphatic rings. The fourth-order valence-electron chi connectivity index (χ4n) is 6.47. The number of para-hydroxylation sites is 1. The Bertz CT molecular complexity index is 1380. The molecule has 8 nitrogen and oxygen atoms in total. The first-order chi connectivity index (χ1) is 19.6. The molecule has 3 fully saturated rings. The third-order valence-corrected chi connectivity index (χ3v) is 8.91. The summed E-state index contributed by atoms with van der Waals surface area (Å²) in [5.74, 6) is 7.32. The van der Waals surface area contributed by atoms with Gasteiger partial charge in [-0.2, -0.15) is 0 Å². The molecule has 3 saturated heterocycles. The molecule has 5 heterocycles. The zero-order valence-electron chi connectivity index (χ0n) is 23.2. The summed E-state index contributed by atoms with van der Waals surface area (Å²) < 4.78 is 0. The largest absolute Gasteiger partial charge is 0.507 e. The number of aromatic nitrogens is 3. The van der Waals surface area contributed by atoms with E-state index in [1.54, 1.807) is 12.1 Å². The molecule has 1 aromatic carbocycles. The Kier molecular flexibility index (Phi) is 7.74. The predicted octanol–water partition coefficient (Wildman–Crippen LogP) is 4.55. The van der Waals surface area contributed by atoms with Gasteiger partial charge in [0.2, 0.25) is 0 Å². The van der Waals surface area contributed by atoms with Crippen LogP contribution < -0.4 is 15.5 Å². The minimum absolute atomic E-state index is 0.193. The maximum atomic E-state index is 10.3. The van der Waals surface area contributed by atoms with Gasteiger partial charge in [-0.25, -0.2) is 4.98 Å². The molecule has 1 spiro atoms. The number of piperidine rings is 1. The summed E-state index contributed by atoms with van der Waals surface area (Å²) in [5, 5.41) is 18.8. The van der Waals surface area contributed by atoms with Crippen LogP contribution in [0.1, 0.15) is 50.6 Å². The third-order valence-electron chi connectivity index (χ3n) is 8.91. The lowest BCUT2D eigenvalue weighted by molar-refractivity contribution is 0.250. The van der Waals surface area contributed by atoms with Crippen molar-refractivity contribution < 1.29 is 5.11 Å². The number of nitrogens with two attached hydrogens (primary N) is 1. The number of aromatic hydroxyl groups is 1. The van der Waals surface area contributed by atoms with Crippen molar-refractivity contribution in [2.75, 3.05) is 61.3 Å². The van der Waals surface area contributed by atoms with Crippen LogP contribution in [0.3, 0.4) is 0 Å². The van der Waals surface area contributed by atoms with Gasteiger partial charge < -0.3 is 20.6 Å². The number of phenols is 1. The van der Waals surface area contributed by atoms with Crippen molar-refractivity contribution >= 4 is 17.2 Å². The lowest BCUT2D eigenvalue weighted by atomic mass is 9.77. The normalized spacial score (nSPS) is 19.3. The van der Waals surface area contributed by atoms with E-state index in [2.05, 4.69) is 53.9 Å². The molecule has 6 rings (SSSR count). The number of hydrogen-bond acceptors (Lipinski definition) is 8. The second-order valence-electron chi connectivity index (χ2n) is 11.6. The van der Waals surface area contributed by atoms with Crippen molar-refractivity contribution in [3.8, 4) is 28.8 Å². The number of nitrogen functional groups attached to an aromatic ring is 1. The summed E-state index contributed by atoms with van der Waals surface area (Å²) in [6.07, 6.45) is 10.6. The molecule has 208 valence electrons. The summed E-state index contributed by atoms with van der Waals surface area (Å²) in [6.45, 7) is 7.12. The standard InChI is InChI=1S/C32H39N7O/c33-31-29(23-28(35-36-31)27-9-3-4-10-30(27)40)38-19-12-32(13-20-38)14-21-39(24-32)26-11-15-34-25(22-26)8-7-18-37-16-5-1-2-6-17-37/h3-4,9-11,15,22-23,40H,1-2,5-6,12-14,16-21,24H2,(H2,33,36). The number of nitrogens with zero attached hydrogens (tertiary/aromatic N) is 6. The Balaban J connectivity index is 1.08. The van der Waals surface area contributed by atoms with E-state index < -0.39 is 0 Å². The van der Waals surface area contributed by atoms with Crippen LogP contribution in [0.2, 0.25) is 0 Å². The average molecular weight is 538 g/mol. The molecule has 0 saturated carbocycles. The molecule has 3 N–H and O–H groups in total. The van der Waals surface area contributed by atoms with Crippen molar-refractivity contribution in [3.05, 3.63) is 54.4 Å². The van der Waals surface area contributed by atoms with Gasteiger partial charge in [-0.15, -0.1) is 10.2 Å². The Labute approximate surface area is 237 Å². The van der Waals surface area contributed by atoms with Crippen molar-refractivity contribution in [2.45, 2.75) is 44.9 Å². The van der Waals surface area contributed by atoms with E-state index in [-0.39, 0.29) is 5.75 Å². The van der Waals surface area contributed by atoms with Crippen LogP contribution in [0, 0.1) is 17.3 Å². The molecule has 0 amide bonds. The van der Waals surface area contributed by atoms with Gasteiger partial charge in [0.05, 0.1) is 17.9 Å². The molecule has 0 aliphatic carbocycles. The molecule has 0 atom stereocenters. The van der Waals surface area contributed by atoms with Crippen molar-refractivity contribution in [3.63, 3.8) is 0 Å². The van der Waals surface area contributed by atoms with Crippen LogP contribution in [0.25, 0.3) is 11.3 Å². The summed E-state index contributed by atoms with van der Waals surface area (Å²) >= 11 is 0. The van der Waals surface area contributed by atoms with Gasteiger partial charge in [0.1, 0.15) is 11.4 Å². The first-order valence-corrected chi connectivity index (χ1v) is 14.7. The highest BCUT2D eigenvalue weighted by Crippen LogP contribution is 2.43. The van der Waals surface area contributed by atoms with E-state index in [4.69, 9.17) is 5.73 Å². The van der Waals surface area contributed by atoms with E-state index in [9.17, 15) is 5.11 Å². The maximum absolute atomic E-state index is 10.3. The second kappa shape index (κ2) is 11.7. The van der Waals surface area contributed by atoms with Gasteiger partial charge in [0.25, 0.3) is 0 Å². The number of pyridine rings is 1. The van der Waals surface area contributed by atoms with E-state index in [0.717, 1.165) is 70.0 Å². The minimum atomic E-state index is 0.193. The van der Waals surface area contributed by atoms with Gasteiger partial charge in [-0.05, 0) is 86.9 Å². The van der Waals surface area contributed by atoms with Gasteiger partial charge in [-0.1, -0.05) is 30.9 Å². The number of anilines is 3. The Morgan fingerprint density at radius 3 is 2.40 bits per heavy atom. The lowest BCUT2D eigenvalue weighted by Gasteiger charge is -2.40. The molecule has 0 bridgehead atoms. The molecular weight excluding hydrogens is 498 g/mol. The molecule has 2 aromatic heterocycles. The minimum Gasteiger partial charge on any atom is -0.507 e. The average Bonchev–Trinajstić information content (AvgIpc) is 3.20. The van der Waals surface area contributed by atoms with Crippen molar-refractivity contribution in [2.24, 2.45) is 5.41 Å². The summed E-state index contributed by atoms with van der Waals surface area (Å²) in [7, 11) is 0. The van der Waals surface area contributed by atoms with E-state index in [1.165, 1.54) is 37.8 Å². The maximum Gasteiger partial charge on any atom is 0.169 e. The summed E-state index contributed by atoms with van der Waals surface area (Å²) in [4.78, 5) is 11.8. The van der Waals surface area contributed by atoms with Gasteiger partial charge in [0.15, 0.2) is 5.82 Å². The first-order valence-electron chi connectivity index (χ1n) is 14.7. The Hall–Kier alpha value is -3.83. The molecule has 3 aromatic rings. The number of phenolic OH excluding ortho intramolecular Hbond substituents is 1. The highest BCUT2D eigenvalue weighted by molar-refractivity contribution is 5.74. The topological polar surface area (TPSA) is 94.6 Å². The third kappa shape index (κ3) is 5.85. The fourth-order valence-corrected chi connectivity index (χ4v) is 6.47. The summed E-state index contributed by atoms with van der Waals surface area (Å²) in [6, 6.07) is 13.5. The molecule has 40 heavy (non-hydrogen) atoms. The fraction of sp³-hybridized carbons (Fsp3) is 0.469. The highest BCUT2D eigenvalue weighted by atomic mass is 16.3. The Morgan fingerprint density at radius 1 is 0.875 bits per heavy atom. The number of hydrogen-bond donors (Lipinski definition) is 2. The molecular formula is C32H39N7O. The quantitative estimate of drug-likeness (QED) is 0.468. The van der Waals surface area contributed by atoms with Crippen LogP contribution in [-0.4, -0.2) is 71.0 Å². The highest BCUT2D eigenvalue weighted by Gasteiger charge is 2.41. The van der Waals surface area contributed by atoms with Gasteiger partial charge in [0, 0.05) is 43.6 Å². The van der Waals surface area contributed by atoms with Crippen LogP contribution in [0.15, 0.2) is 48.7 Å². The van der Waals surface area contributed by atoms with E-state index >= 15 is 0 Å². The second-order valence-corrected chi connectivity index (χ2v) is 11.6. The first kappa shape index (κ1) is 26.4. The molecule has 0 radical (unpaired) electrons. The van der Waals surface area contributed by atoms with E-state index in [0.29, 0.717) is 22.5 Å². The molecule has 8 heteroatoms. The van der Waals surface area contributed by atoms with Crippen LogP contribution >= 0.6 is 0 Å². The smallest absolute Gasteiger partial charge is 0.169 e. The monoisotopic (exact) mass is 537 g/mol. The van der Waals surface area contributed by atoms with Gasteiger partial charge in [-0.3, -0.25) is 4.90 Å². The van der Waals surface area contributed by atoms with Crippen molar-refractivity contribution in [1.29, 1.82) is 0 Å². The van der Waals surface area contributed by atoms with Crippen molar-refractivity contribution in [1.82, 2.24) is 20.1 Å². The number of benzene rings is 1. The van der Waals surface area contributed by atoms with Gasteiger partial charge >= 0.3 is 0 Å².